The molecule has 100 valence electrons. The van der Waals surface area contributed by atoms with Gasteiger partial charge in [-0.05, 0) is 18.6 Å². The van der Waals surface area contributed by atoms with Crippen molar-refractivity contribution >= 4 is 11.9 Å². The summed E-state index contributed by atoms with van der Waals surface area (Å²) in [6, 6.07) is 7.13. The molecule has 1 amide bonds. The van der Waals surface area contributed by atoms with Gasteiger partial charge in [0.1, 0.15) is 17.9 Å². The molecular weight excluding hydrogens is 246 g/mol. The number of rotatable bonds is 3. The predicted octanol–water partition coefficient (Wildman–Crippen LogP) is 0.900. The van der Waals surface area contributed by atoms with Gasteiger partial charge in [0.15, 0.2) is 6.61 Å². The van der Waals surface area contributed by atoms with E-state index in [-0.39, 0.29) is 24.6 Å². The first-order chi connectivity index (χ1) is 9.15. The van der Waals surface area contributed by atoms with E-state index in [1.54, 1.807) is 4.90 Å². The SMILES string of the molecule is Cc1ccccc1OCC(=O)N1CC2CC1C(=O)O2. The monoisotopic (exact) mass is 261 g/mol. The standard InChI is InChI=1S/C14H15NO4/c1-9-4-2-3-5-12(9)18-8-13(16)15-7-10-6-11(15)14(17)19-10/h2-5,10-11H,6-8H2,1H3. The fourth-order valence-corrected chi connectivity index (χ4v) is 2.57. The molecule has 3 rings (SSSR count). The zero-order valence-corrected chi connectivity index (χ0v) is 10.7. The number of para-hydroxylation sites is 1. The summed E-state index contributed by atoms with van der Waals surface area (Å²) in [6.07, 6.45) is 0.495. The summed E-state index contributed by atoms with van der Waals surface area (Å²) in [4.78, 5) is 25.0. The second kappa shape index (κ2) is 4.57. The zero-order chi connectivity index (χ0) is 13.4. The lowest BCUT2D eigenvalue weighted by molar-refractivity contribution is -0.157. The molecule has 0 N–H and O–H groups in total. The number of carbonyl (C=O) groups excluding carboxylic acids is 2. The maximum absolute atomic E-state index is 12.1. The van der Waals surface area contributed by atoms with Gasteiger partial charge in [-0.3, -0.25) is 4.79 Å². The Balaban J connectivity index is 1.61. The van der Waals surface area contributed by atoms with E-state index in [9.17, 15) is 9.59 Å². The summed E-state index contributed by atoms with van der Waals surface area (Å²) < 4.78 is 10.6. The molecule has 2 aliphatic heterocycles. The summed E-state index contributed by atoms with van der Waals surface area (Å²) >= 11 is 0. The highest BCUT2D eigenvalue weighted by atomic mass is 16.6. The Labute approximate surface area is 111 Å². The molecule has 19 heavy (non-hydrogen) atoms. The van der Waals surface area contributed by atoms with Crippen molar-refractivity contribution in [3.63, 3.8) is 0 Å². The normalized spacial score (nSPS) is 24.5. The summed E-state index contributed by atoms with van der Waals surface area (Å²) in [7, 11) is 0. The predicted molar refractivity (Wildman–Crippen MR) is 66.7 cm³/mol. The Hall–Kier alpha value is -2.04. The van der Waals surface area contributed by atoms with Gasteiger partial charge in [0.2, 0.25) is 0 Å². The van der Waals surface area contributed by atoms with Crippen LogP contribution in [0.3, 0.4) is 0 Å². The van der Waals surface area contributed by atoms with Gasteiger partial charge in [-0.15, -0.1) is 0 Å². The number of fused-ring (bicyclic) bond motifs is 2. The Kier molecular flexibility index (Phi) is 2.89. The number of carbonyl (C=O) groups is 2. The van der Waals surface area contributed by atoms with Crippen molar-refractivity contribution in [2.24, 2.45) is 0 Å². The number of nitrogens with zero attached hydrogens (tertiary/aromatic N) is 1. The van der Waals surface area contributed by atoms with E-state index < -0.39 is 6.04 Å². The first-order valence-electron chi connectivity index (χ1n) is 6.33. The van der Waals surface area contributed by atoms with Gasteiger partial charge in [-0.2, -0.15) is 0 Å². The smallest absolute Gasteiger partial charge is 0.329 e. The minimum absolute atomic E-state index is 0.0403. The van der Waals surface area contributed by atoms with E-state index in [0.717, 1.165) is 5.56 Å². The minimum atomic E-state index is -0.405. The highest BCUT2D eigenvalue weighted by molar-refractivity contribution is 5.88. The van der Waals surface area contributed by atoms with Crippen molar-refractivity contribution in [1.82, 2.24) is 4.90 Å². The zero-order valence-electron chi connectivity index (χ0n) is 10.7. The van der Waals surface area contributed by atoms with Crippen LogP contribution < -0.4 is 4.74 Å². The summed E-state index contributed by atoms with van der Waals surface area (Å²) in [5, 5.41) is 0. The molecular formula is C14H15NO4. The van der Waals surface area contributed by atoms with Crippen molar-refractivity contribution in [2.75, 3.05) is 13.2 Å². The fraction of sp³-hybridized carbons (Fsp3) is 0.429. The topological polar surface area (TPSA) is 55.8 Å². The Morgan fingerprint density at radius 1 is 1.47 bits per heavy atom. The molecule has 0 saturated carbocycles. The highest BCUT2D eigenvalue weighted by Gasteiger charge is 2.48. The lowest BCUT2D eigenvalue weighted by atomic mass is 10.2. The largest absolute Gasteiger partial charge is 0.484 e. The molecule has 0 spiro atoms. The number of hydrogen-bond donors (Lipinski definition) is 0. The molecule has 2 aliphatic rings. The summed E-state index contributed by atoms with van der Waals surface area (Å²) in [5.74, 6) is 0.246. The number of benzene rings is 1. The number of morpholine rings is 1. The number of aryl methyl sites for hydroxylation is 1. The third kappa shape index (κ3) is 2.16. The molecule has 1 aromatic rings. The molecule has 0 aliphatic carbocycles. The van der Waals surface area contributed by atoms with Gasteiger partial charge in [0, 0.05) is 6.42 Å². The summed E-state index contributed by atoms with van der Waals surface area (Å²) in [6.45, 7) is 2.38. The molecule has 0 radical (unpaired) electrons. The first kappa shape index (κ1) is 12.0. The number of amides is 1. The molecule has 2 saturated heterocycles. The highest BCUT2D eigenvalue weighted by Crippen LogP contribution is 2.29. The molecule has 2 fully saturated rings. The number of hydrogen-bond acceptors (Lipinski definition) is 4. The van der Waals surface area contributed by atoms with Crippen LogP contribution in [0.5, 0.6) is 5.75 Å². The fourth-order valence-electron chi connectivity index (χ4n) is 2.57. The van der Waals surface area contributed by atoms with Gasteiger partial charge in [0.25, 0.3) is 5.91 Å². The van der Waals surface area contributed by atoms with Crippen molar-refractivity contribution < 1.29 is 19.1 Å². The molecule has 5 nitrogen and oxygen atoms in total. The Morgan fingerprint density at radius 2 is 2.26 bits per heavy atom. The lowest BCUT2D eigenvalue weighted by Gasteiger charge is -2.25. The minimum Gasteiger partial charge on any atom is -0.484 e. The van der Waals surface area contributed by atoms with Gasteiger partial charge in [-0.1, -0.05) is 18.2 Å². The second-order valence-electron chi connectivity index (χ2n) is 4.91. The van der Waals surface area contributed by atoms with Crippen molar-refractivity contribution in [3.8, 4) is 5.75 Å². The van der Waals surface area contributed by atoms with Gasteiger partial charge in [-0.25, -0.2) is 4.79 Å². The number of likely N-dealkylation sites (tertiary alicyclic amines) is 1. The van der Waals surface area contributed by atoms with Crippen LogP contribution in [0.1, 0.15) is 12.0 Å². The van der Waals surface area contributed by atoms with E-state index in [1.807, 2.05) is 31.2 Å². The van der Waals surface area contributed by atoms with Crippen LogP contribution in [0.25, 0.3) is 0 Å². The van der Waals surface area contributed by atoms with Crippen molar-refractivity contribution in [3.05, 3.63) is 29.8 Å². The van der Waals surface area contributed by atoms with E-state index in [2.05, 4.69) is 0 Å². The molecule has 1 aromatic carbocycles. The maximum Gasteiger partial charge on any atom is 0.329 e. The Morgan fingerprint density at radius 3 is 2.95 bits per heavy atom. The van der Waals surface area contributed by atoms with E-state index in [0.29, 0.717) is 18.7 Å². The molecule has 2 bridgehead atoms. The van der Waals surface area contributed by atoms with E-state index in [4.69, 9.17) is 9.47 Å². The van der Waals surface area contributed by atoms with Crippen LogP contribution in [0.4, 0.5) is 0 Å². The van der Waals surface area contributed by atoms with Crippen molar-refractivity contribution in [2.45, 2.75) is 25.5 Å². The van der Waals surface area contributed by atoms with Gasteiger partial charge >= 0.3 is 5.97 Å². The molecule has 0 aromatic heterocycles. The number of ether oxygens (including phenoxy) is 2. The average Bonchev–Trinajstić information content (AvgIpc) is 2.96. The Bertz CT molecular complexity index is 528. The average molecular weight is 261 g/mol. The van der Waals surface area contributed by atoms with Crippen LogP contribution in [0.2, 0.25) is 0 Å². The third-order valence-corrected chi connectivity index (χ3v) is 3.58. The molecule has 2 atom stereocenters. The van der Waals surface area contributed by atoms with Gasteiger partial charge < -0.3 is 14.4 Å². The van der Waals surface area contributed by atoms with Crippen LogP contribution in [0, 0.1) is 6.92 Å². The molecule has 5 heteroatoms. The maximum atomic E-state index is 12.1. The molecule has 2 unspecified atom stereocenters. The van der Waals surface area contributed by atoms with Crippen LogP contribution in [0.15, 0.2) is 24.3 Å². The van der Waals surface area contributed by atoms with E-state index >= 15 is 0 Å². The van der Waals surface area contributed by atoms with Gasteiger partial charge in [0.05, 0.1) is 6.54 Å². The molecule has 2 heterocycles. The second-order valence-corrected chi connectivity index (χ2v) is 4.91. The lowest BCUT2D eigenvalue weighted by Crippen LogP contribution is -2.46. The van der Waals surface area contributed by atoms with Crippen LogP contribution in [-0.4, -0.2) is 42.1 Å². The van der Waals surface area contributed by atoms with Crippen LogP contribution in [-0.2, 0) is 14.3 Å². The van der Waals surface area contributed by atoms with E-state index in [1.165, 1.54) is 0 Å². The summed E-state index contributed by atoms with van der Waals surface area (Å²) in [5.41, 5.74) is 0.984. The van der Waals surface area contributed by atoms with Crippen molar-refractivity contribution in [1.29, 1.82) is 0 Å². The van der Waals surface area contributed by atoms with Crippen LogP contribution >= 0.6 is 0 Å². The third-order valence-electron chi connectivity index (χ3n) is 3.58. The first-order valence-corrected chi connectivity index (χ1v) is 6.33. The quantitative estimate of drug-likeness (QED) is 0.759. The number of esters is 1.